The number of likely N-dealkylation sites (N-methyl/N-ethyl adjacent to an activating group) is 1. The van der Waals surface area contributed by atoms with Gasteiger partial charge in [-0.15, -0.1) is 0 Å². The van der Waals surface area contributed by atoms with Crippen LogP contribution >= 0.6 is 0 Å². The van der Waals surface area contributed by atoms with E-state index in [2.05, 4.69) is 93.9 Å². The molecule has 0 saturated carbocycles. The Hall–Kier alpha value is -2.61. The van der Waals surface area contributed by atoms with E-state index in [0.717, 1.165) is 12.4 Å². The summed E-state index contributed by atoms with van der Waals surface area (Å²) in [7, 11) is 2.12. The van der Waals surface area contributed by atoms with Crippen molar-refractivity contribution in [2.45, 2.75) is 33.3 Å². The van der Waals surface area contributed by atoms with Gasteiger partial charge in [-0.3, -0.25) is 0 Å². The third-order valence-corrected chi connectivity index (χ3v) is 5.01. The number of fused-ring (bicyclic) bond motifs is 1. The Morgan fingerprint density at radius 1 is 0.923 bits per heavy atom. The van der Waals surface area contributed by atoms with Crippen LogP contribution in [0.25, 0.3) is 21.9 Å². The van der Waals surface area contributed by atoms with Gasteiger partial charge < -0.3 is 4.74 Å². The Kier molecular flexibility index (Phi) is 3.87. The molecule has 1 heterocycles. The maximum atomic E-state index is 6.36. The molecule has 0 aromatic heterocycles. The van der Waals surface area contributed by atoms with E-state index >= 15 is 0 Å². The third-order valence-electron chi connectivity index (χ3n) is 5.01. The molecule has 0 saturated heterocycles. The van der Waals surface area contributed by atoms with E-state index in [1.807, 2.05) is 0 Å². The van der Waals surface area contributed by atoms with Gasteiger partial charge in [0.15, 0.2) is 12.1 Å². The Labute approximate surface area is 155 Å². The zero-order chi connectivity index (χ0) is 18.5. The van der Waals surface area contributed by atoms with Crippen molar-refractivity contribution in [3.63, 3.8) is 0 Å². The summed E-state index contributed by atoms with van der Waals surface area (Å²) in [6.07, 6.45) is 0. The van der Waals surface area contributed by atoms with Crippen molar-refractivity contribution in [3.8, 4) is 11.1 Å². The number of benzene rings is 3. The fourth-order valence-corrected chi connectivity index (χ4v) is 4.16. The summed E-state index contributed by atoms with van der Waals surface area (Å²) in [5.74, 6) is 0.968. The fraction of sp³-hybridized carbons (Fsp3) is 0.292. The van der Waals surface area contributed by atoms with Gasteiger partial charge in [0.25, 0.3) is 0 Å². The standard InChI is InChI=1S/C24H26NO/c1-16-12-17(2)14-19(13-16)22-20-9-7-6-8-18(20)10-11-21(22)23-25(5)15-24(3,4)26-23/h6-14H,15H2,1-5H3/q+1. The Morgan fingerprint density at radius 2 is 1.62 bits per heavy atom. The minimum atomic E-state index is -0.171. The number of nitrogens with zero attached hydrogens (tertiary/aromatic N) is 1. The van der Waals surface area contributed by atoms with E-state index in [-0.39, 0.29) is 5.60 Å². The molecule has 0 aliphatic carbocycles. The van der Waals surface area contributed by atoms with Crippen molar-refractivity contribution in [3.05, 3.63) is 71.3 Å². The molecule has 1 aliphatic heterocycles. The van der Waals surface area contributed by atoms with Crippen LogP contribution in [-0.2, 0) is 4.74 Å². The van der Waals surface area contributed by atoms with Crippen LogP contribution in [0.2, 0.25) is 0 Å². The molecule has 2 nitrogen and oxygen atoms in total. The topological polar surface area (TPSA) is 12.2 Å². The number of hydrogen-bond acceptors (Lipinski definition) is 1. The molecule has 0 radical (unpaired) electrons. The van der Waals surface area contributed by atoms with Crippen molar-refractivity contribution in [2.24, 2.45) is 0 Å². The molecular formula is C24H26NO+. The van der Waals surface area contributed by atoms with Gasteiger partial charge in [-0.05, 0) is 50.1 Å². The van der Waals surface area contributed by atoms with Crippen LogP contribution in [0.15, 0.2) is 54.6 Å². The summed E-state index contributed by atoms with van der Waals surface area (Å²) in [5, 5.41) is 2.52. The van der Waals surface area contributed by atoms with E-state index in [9.17, 15) is 0 Å². The van der Waals surface area contributed by atoms with Crippen LogP contribution in [0.1, 0.15) is 30.5 Å². The van der Waals surface area contributed by atoms with Crippen LogP contribution in [0.3, 0.4) is 0 Å². The van der Waals surface area contributed by atoms with Crippen LogP contribution in [0, 0.1) is 13.8 Å². The fourth-order valence-electron chi connectivity index (χ4n) is 4.16. The van der Waals surface area contributed by atoms with Gasteiger partial charge in [0, 0.05) is 5.56 Å². The predicted octanol–water partition coefficient (Wildman–Crippen LogP) is 5.32. The van der Waals surface area contributed by atoms with E-state index in [1.54, 1.807) is 0 Å². The number of hydrogen-bond donors (Lipinski definition) is 0. The van der Waals surface area contributed by atoms with Gasteiger partial charge in [-0.2, -0.15) is 4.58 Å². The zero-order valence-electron chi connectivity index (χ0n) is 16.3. The molecule has 0 unspecified atom stereocenters. The lowest BCUT2D eigenvalue weighted by molar-refractivity contribution is -0.493. The molecule has 0 bridgehead atoms. The first-order valence-electron chi connectivity index (χ1n) is 9.22. The summed E-state index contributed by atoms with van der Waals surface area (Å²) >= 11 is 0. The molecule has 132 valence electrons. The van der Waals surface area contributed by atoms with Crippen molar-refractivity contribution in [2.75, 3.05) is 13.6 Å². The molecule has 4 rings (SSSR count). The lowest BCUT2D eigenvalue weighted by Crippen LogP contribution is -2.25. The monoisotopic (exact) mass is 344 g/mol. The Morgan fingerprint density at radius 3 is 2.27 bits per heavy atom. The van der Waals surface area contributed by atoms with Crippen LogP contribution < -0.4 is 0 Å². The average molecular weight is 344 g/mol. The van der Waals surface area contributed by atoms with E-state index in [0.29, 0.717) is 0 Å². The molecule has 0 atom stereocenters. The van der Waals surface area contributed by atoms with Crippen molar-refractivity contribution in [1.82, 2.24) is 0 Å². The van der Waals surface area contributed by atoms with Crippen molar-refractivity contribution >= 4 is 16.7 Å². The number of rotatable bonds is 2. The highest BCUT2D eigenvalue weighted by Crippen LogP contribution is 2.35. The van der Waals surface area contributed by atoms with Crippen molar-refractivity contribution in [1.29, 1.82) is 0 Å². The maximum Gasteiger partial charge on any atom is 0.371 e. The molecule has 26 heavy (non-hydrogen) atoms. The number of aryl methyl sites for hydroxylation is 2. The van der Waals surface area contributed by atoms with Gasteiger partial charge in [-0.1, -0.05) is 59.7 Å². The van der Waals surface area contributed by atoms with Gasteiger partial charge >= 0.3 is 5.90 Å². The maximum absolute atomic E-state index is 6.36. The predicted molar refractivity (Wildman–Crippen MR) is 109 cm³/mol. The van der Waals surface area contributed by atoms with E-state index < -0.39 is 0 Å². The Bertz CT molecular complexity index is 1020. The molecule has 0 N–H and O–H groups in total. The highest BCUT2D eigenvalue weighted by molar-refractivity contribution is 6.08. The molecule has 0 amide bonds. The van der Waals surface area contributed by atoms with Gasteiger partial charge in [0.1, 0.15) is 7.05 Å². The zero-order valence-corrected chi connectivity index (χ0v) is 16.3. The molecule has 0 spiro atoms. The molecule has 0 fully saturated rings. The summed E-state index contributed by atoms with van der Waals surface area (Å²) in [4.78, 5) is 0. The van der Waals surface area contributed by atoms with E-state index in [4.69, 9.17) is 4.74 Å². The number of ether oxygens (including phenoxy) is 1. The molecule has 1 aliphatic rings. The average Bonchev–Trinajstić information content (AvgIpc) is 2.85. The first-order chi connectivity index (χ1) is 12.3. The summed E-state index contributed by atoms with van der Waals surface area (Å²) in [5.41, 5.74) is 6.07. The highest BCUT2D eigenvalue weighted by Gasteiger charge is 2.39. The van der Waals surface area contributed by atoms with Gasteiger partial charge in [0.05, 0.1) is 5.56 Å². The Balaban J connectivity index is 2.04. The second kappa shape index (κ2) is 5.98. The lowest BCUT2D eigenvalue weighted by atomic mass is 9.91. The minimum Gasteiger partial charge on any atom is -0.431 e. The van der Waals surface area contributed by atoms with Gasteiger partial charge in [0.2, 0.25) is 0 Å². The van der Waals surface area contributed by atoms with Crippen LogP contribution in [-0.4, -0.2) is 29.7 Å². The highest BCUT2D eigenvalue weighted by atomic mass is 16.5. The SMILES string of the molecule is Cc1cc(C)cc(-c2c(C3=[N+](C)CC(C)(C)O3)ccc3ccccc23)c1. The van der Waals surface area contributed by atoms with Crippen molar-refractivity contribution < 1.29 is 9.31 Å². The van der Waals surface area contributed by atoms with Crippen LogP contribution in [0.5, 0.6) is 0 Å². The molecule has 3 aromatic rings. The smallest absolute Gasteiger partial charge is 0.371 e. The normalized spacial score (nSPS) is 16.2. The molecule has 3 aromatic carbocycles. The lowest BCUT2D eigenvalue weighted by Gasteiger charge is -2.16. The summed E-state index contributed by atoms with van der Waals surface area (Å²) in [6.45, 7) is 9.51. The van der Waals surface area contributed by atoms with Gasteiger partial charge in [-0.25, -0.2) is 0 Å². The summed E-state index contributed by atoms with van der Waals surface area (Å²) < 4.78 is 8.59. The first kappa shape index (κ1) is 16.8. The summed E-state index contributed by atoms with van der Waals surface area (Å²) in [6, 6.07) is 19.8. The van der Waals surface area contributed by atoms with E-state index in [1.165, 1.54) is 38.6 Å². The second-order valence-electron chi connectivity index (χ2n) is 8.11. The molecule has 2 heteroatoms. The minimum absolute atomic E-state index is 0.171. The molecular weight excluding hydrogens is 318 g/mol. The van der Waals surface area contributed by atoms with Crippen LogP contribution in [0.4, 0.5) is 0 Å². The second-order valence-corrected chi connectivity index (χ2v) is 8.11. The quantitative estimate of drug-likeness (QED) is 0.573. The largest absolute Gasteiger partial charge is 0.431 e. The third kappa shape index (κ3) is 2.90. The first-order valence-corrected chi connectivity index (χ1v) is 9.22.